The topological polar surface area (TPSA) is 27.1 Å². The van der Waals surface area contributed by atoms with Crippen LogP contribution in [0.5, 0.6) is 0 Å². The highest BCUT2D eigenvalue weighted by Gasteiger charge is 2.19. The van der Waals surface area contributed by atoms with Crippen LogP contribution in [0.4, 0.5) is 0 Å². The summed E-state index contributed by atoms with van der Waals surface area (Å²) in [5.74, 6) is 0. The summed E-state index contributed by atoms with van der Waals surface area (Å²) in [6.07, 6.45) is 13.1. The van der Waals surface area contributed by atoms with Crippen molar-refractivity contribution in [1.82, 2.24) is 9.78 Å². The second-order valence-corrected chi connectivity index (χ2v) is 6.61. The zero-order valence-corrected chi connectivity index (χ0v) is 13.3. The first-order chi connectivity index (χ1) is 10.8. The minimum atomic E-state index is 0.113. The van der Waals surface area contributed by atoms with Crippen LogP contribution in [0, 0.1) is 6.92 Å². The van der Waals surface area contributed by atoms with E-state index in [-0.39, 0.29) is 6.23 Å². The molecule has 1 aliphatic carbocycles. The van der Waals surface area contributed by atoms with Gasteiger partial charge in [-0.15, -0.1) is 0 Å². The van der Waals surface area contributed by atoms with Crippen LogP contribution in [0.15, 0.2) is 24.4 Å². The minimum Gasteiger partial charge on any atom is -0.356 e. The number of benzene rings is 1. The molecule has 2 heterocycles. The van der Waals surface area contributed by atoms with E-state index in [2.05, 4.69) is 34.9 Å². The van der Waals surface area contributed by atoms with Gasteiger partial charge in [-0.3, -0.25) is 0 Å². The molecule has 0 saturated carbocycles. The van der Waals surface area contributed by atoms with Crippen LogP contribution < -0.4 is 0 Å². The highest BCUT2D eigenvalue weighted by molar-refractivity contribution is 5.85. The number of aryl methyl sites for hydroxylation is 1. The maximum atomic E-state index is 5.93. The molecule has 0 amide bonds. The van der Waals surface area contributed by atoms with Gasteiger partial charge in [0.1, 0.15) is 0 Å². The third-order valence-corrected chi connectivity index (χ3v) is 5.01. The predicted octanol–water partition coefficient (Wildman–Crippen LogP) is 5.00. The molecule has 0 spiro atoms. The van der Waals surface area contributed by atoms with Crippen LogP contribution in [0.3, 0.4) is 0 Å². The molecule has 1 unspecified atom stereocenters. The van der Waals surface area contributed by atoms with E-state index in [1.54, 1.807) is 0 Å². The van der Waals surface area contributed by atoms with Gasteiger partial charge in [-0.05, 0) is 80.7 Å². The molecule has 2 aliphatic rings. The van der Waals surface area contributed by atoms with E-state index in [0.717, 1.165) is 13.0 Å². The van der Waals surface area contributed by atoms with E-state index in [1.165, 1.54) is 66.1 Å². The van der Waals surface area contributed by atoms with Crippen LogP contribution in [0.25, 0.3) is 16.5 Å². The molecule has 0 N–H and O–H groups in total. The second kappa shape index (κ2) is 5.88. The average molecular weight is 296 g/mol. The number of hydrogen-bond donors (Lipinski definition) is 0. The Morgan fingerprint density at radius 3 is 2.91 bits per heavy atom. The lowest BCUT2D eigenvalue weighted by Gasteiger charge is -2.24. The number of allylic oxidation sites excluding steroid dienone is 2. The summed E-state index contributed by atoms with van der Waals surface area (Å²) in [6, 6.07) is 4.62. The fraction of sp³-hybridized carbons (Fsp3) is 0.526. The van der Waals surface area contributed by atoms with Gasteiger partial charge in [0, 0.05) is 12.0 Å². The van der Waals surface area contributed by atoms with Gasteiger partial charge in [0.15, 0.2) is 6.23 Å². The van der Waals surface area contributed by atoms with Gasteiger partial charge >= 0.3 is 0 Å². The number of rotatable bonds is 2. The van der Waals surface area contributed by atoms with Crippen molar-refractivity contribution in [3.05, 3.63) is 35.5 Å². The Labute approximate surface area is 132 Å². The molecule has 4 rings (SSSR count). The Morgan fingerprint density at radius 1 is 1.18 bits per heavy atom. The van der Waals surface area contributed by atoms with E-state index in [0.29, 0.717) is 0 Å². The summed E-state index contributed by atoms with van der Waals surface area (Å²) in [5, 5.41) is 5.85. The first-order valence-corrected chi connectivity index (χ1v) is 8.62. The van der Waals surface area contributed by atoms with Gasteiger partial charge in [0.2, 0.25) is 0 Å². The highest BCUT2D eigenvalue weighted by Crippen LogP contribution is 2.33. The minimum absolute atomic E-state index is 0.113. The molecule has 2 aromatic rings. The second-order valence-electron chi connectivity index (χ2n) is 6.61. The number of nitrogens with zero attached hydrogens (tertiary/aromatic N) is 2. The molecule has 3 nitrogen and oxygen atoms in total. The standard InChI is InChI=1S/C19H24N2O/c1-14-11-16-13-20-21(19-9-5-6-10-22-19)18(16)12-17(14)15-7-3-2-4-8-15/h7,11-13,19H,2-6,8-10H2,1H3. The molecule has 1 saturated heterocycles. The summed E-state index contributed by atoms with van der Waals surface area (Å²) in [6.45, 7) is 3.08. The fourth-order valence-corrected chi connectivity index (χ4v) is 3.78. The largest absolute Gasteiger partial charge is 0.356 e. The summed E-state index contributed by atoms with van der Waals surface area (Å²) in [5.41, 5.74) is 5.51. The number of hydrogen-bond acceptors (Lipinski definition) is 2. The zero-order valence-electron chi connectivity index (χ0n) is 13.3. The molecule has 1 fully saturated rings. The Balaban J connectivity index is 1.78. The first kappa shape index (κ1) is 14.0. The maximum absolute atomic E-state index is 5.93. The van der Waals surface area contributed by atoms with Crippen molar-refractivity contribution in [3.63, 3.8) is 0 Å². The molecule has 3 heteroatoms. The van der Waals surface area contributed by atoms with Crippen molar-refractivity contribution >= 4 is 16.5 Å². The van der Waals surface area contributed by atoms with Crippen molar-refractivity contribution in [3.8, 4) is 0 Å². The zero-order chi connectivity index (χ0) is 14.9. The number of fused-ring (bicyclic) bond motifs is 1. The molecular formula is C19H24N2O. The fourth-order valence-electron chi connectivity index (χ4n) is 3.78. The molecule has 1 aliphatic heterocycles. The quantitative estimate of drug-likeness (QED) is 0.779. The Hall–Kier alpha value is -1.61. The van der Waals surface area contributed by atoms with Gasteiger partial charge < -0.3 is 4.74 Å². The van der Waals surface area contributed by atoms with Gasteiger partial charge in [0.05, 0.1) is 11.7 Å². The van der Waals surface area contributed by atoms with E-state index < -0.39 is 0 Å². The smallest absolute Gasteiger partial charge is 0.150 e. The Bertz CT molecular complexity index is 708. The molecule has 22 heavy (non-hydrogen) atoms. The van der Waals surface area contributed by atoms with Gasteiger partial charge in [-0.2, -0.15) is 5.10 Å². The van der Waals surface area contributed by atoms with Crippen LogP contribution in [-0.2, 0) is 4.74 Å². The molecule has 1 aromatic carbocycles. The first-order valence-electron chi connectivity index (χ1n) is 8.62. The van der Waals surface area contributed by atoms with Crippen molar-refractivity contribution in [2.45, 2.75) is 58.1 Å². The lowest BCUT2D eigenvalue weighted by molar-refractivity contribution is -0.0366. The van der Waals surface area contributed by atoms with Crippen molar-refractivity contribution in [2.75, 3.05) is 6.61 Å². The van der Waals surface area contributed by atoms with Crippen LogP contribution >= 0.6 is 0 Å². The summed E-state index contributed by atoms with van der Waals surface area (Å²) >= 11 is 0. The average Bonchev–Trinajstić information content (AvgIpc) is 2.98. The van der Waals surface area contributed by atoms with Crippen LogP contribution in [0.2, 0.25) is 0 Å². The van der Waals surface area contributed by atoms with Crippen LogP contribution in [-0.4, -0.2) is 16.4 Å². The number of aromatic nitrogens is 2. The van der Waals surface area contributed by atoms with Gasteiger partial charge in [-0.25, -0.2) is 4.68 Å². The molecular weight excluding hydrogens is 272 g/mol. The summed E-state index contributed by atoms with van der Waals surface area (Å²) in [7, 11) is 0. The van der Waals surface area contributed by atoms with Crippen molar-refractivity contribution in [1.29, 1.82) is 0 Å². The molecule has 1 atom stereocenters. The Kier molecular flexibility index (Phi) is 3.75. The normalized spacial score (nSPS) is 22.8. The van der Waals surface area contributed by atoms with Crippen molar-refractivity contribution < 1.29 is 4.74 Å². The van der Waals surface area contributed by atoms with E-state index in [1.807, 2.05) is 6.20 Å². The van der Waals surface area contributed by atoms with E-state index >= 15 is 0 Å². The van der Waals surface area contributed by atoms with Gasteiger partial charge in [-0.1, -0.05) is 6.08 Å². The lowest BCUT2D eigenvalue weighted by Crippen LogP contribution is -2.19. The summed E-state index contributed by atoms with van der Waals surface area (Å²) in [4.78, 5) is 0. The SMILES string of the molecule is Cc1cc2cnn(C3CCCCO3)c2cc1C1=CCCCC1. The Morgan fingerprint density at radius 2 is 2.14 bits per heavy atom. The molecule has 0 bridgehead atoms. The number of ether oxygens (including phenoxy) is 1. The lowest BCUT2D eigenvalue weighted by atomic mass is 9.90. The van der Waals surface area contributed by atoms with Crippen LogP contribution in [0.1, 0.15) is 62.3 Å². The third-order valence-electron chi connectivity index (χ3n) is 5.01. The monoisotopic (exact) mass is 296 g/mol. The molecule has 1 aromatic heterocycles. The third kappa shape index (κ3) is 2.48. The molecule has 0 radical (unpaired) electrons. The molecule has 116 valence electrons. The summed E-state index contributed by atoms with van der Waals surface area (Å²) < 4.78 is 8.03. The highest BCUT2D eigenvalue weighted by atomic mass is 16.5. The maximum Gasteiger partial charge on any atom is 0.150 e. The van der Waals surface area contributed by atoms with Gasteiger partial charge in [0.25, 0.3) is 0 Å². The predicted molar refractivity (Wildman–Crippen MR) is 89.8 cm³/mol. The van der Waals surface area contributed by atoms with Crippen molar-refractivity contribution in [2.24, 2.45) is 0 Å². The van der Waals surface area contributed by atoms with E-state index in [4.69, 9.17) is 4.74 Å². The van der Waals surface area contributed by atoms with E-state index in [9.17, 15) is 0 Å².